The Morgan fingerprint density at radius 3 is 2.11 bits per heavy atom. The Balaban J connectivity index is 1.86. The molecular formula is C24H24N2O10S2. The quantitative estimate of drug-likeness (QED) is 0.192. The van der Waals surface area contributed by atoms with Crippen molar-refractivity contribution in [1.82, 2.24) is 0 Å². The number of nitrogens with zero attached hydrogens (tertiary/aromatic N) is 2. The van der Waals surface area contributed by atoms with Crippen LogP contribution in [0.15, 0.2) is 76.5 Å². The summed E-state index contributed by atoms with van der Waals surface area (Å²) < 4.78 is 66.7. The molecule has 0 saturated carbocycles. The van der Waals surface area contributed by atoms with Gasteiger partial charge in [0, 0.05) is 4.41 Å². The number of hydrazine groups is 1. The molecule has 0 aromatic heterocycles. The van der Waals surface area contributed by atoms with Crippen LogP contribution in [0, 0.1) is 17.0 Å². The van der Waals surface area contributed by atoms with Crippen molar-refractivity contribution < 1.29 is 40.9 Å². The lowest BCUT2D eigenvalue weighted by molar-refractivity contribution is -0.474. The summed E-state index contributed by atoms with van der Waals surface area (Å²) in [7, 11) is -6.09. The first-order chi connectivity index (χ1) is 17.9. The number of ether oxygens (including phenoxy) is 3. The molecule has 0 spiro atoms. The van der Waals surface area contributed by atoms with E-state index in [9.17, 15) is 31.7 Å². The second-order valence-corrected chi connectivity index (χ2v) is 11.7. The molecule has 0 atom stereocenters. The van der Waals surface area contributed by atoms with Crippen LogP contribution in [0.25, 0.3) is 0 Å². The third-order valence-corrected chi connectivity index (χ3v) is 8.68. The lowest BCUT2D eigenvalue weighted by Crippen LogP contribution is -2.36. The zero-order valence-electron chi connectivity index (χ0n) is 20.6. The highest BCUT2D eigenvalue weighted by Crippen LogP contribution is 2.32. The fourth-order valence-corrected chi connectivity index (χ4v) is 5.85. The van der Waals surface area contributed by atoms with Gasteiger partial charge in [0.1, 0.15) is 28.7 Å². The number of anilines is 1. The van der Waals surface area contributed by atoms with E-state index >= 15 is 0 Å². The Hall–Kier alpha value is -4.17. The molecule has 3 aromatic rings. The molecule has 0 unspecified atom stereocenters. The Morgan fingerprint density at radius 2 is 1.55 bits per heavy atom. The molecule has 12 nitrogen and oxygen atoms in total. The zero-order chi connectivity index (χ0) is 28.1. The topological polar surface area (TPSA) is 159 Å². The lowest BCUT2D eigenvalue weighted by atomic mass is 10.2. The van der Waals surface area contributed by atoms with Crippen LogP contribution in [0.4, 0.5) is 5.69 Å². The average Bonchev–Trinajstić information content (AvgIpc) is 2.88. The largest absolute Gasteiger partial charge is 0.497 e. The van der Waals surface area contributed by atoms with Gasteiger partial charge in [0.2, 0.25) is 0 Å². The van der Waals surface area contributed by atoms with Crippen molar-refractivity contribution in [2.45, 2.75) is 16.7 Å². The summed E-state index contributed by atoms with van der Waals surface area (Å²) in [4.78, 5) is 23.8. The number of esters is 1. The van der Waals surface area contributed by atoms with Gasteiger partial charge in [-0.25, -0.2) is 23.3 Å². The van der Waals surface area contributed by atoms with Gasteiger partial charge in [0.05, 0.1) is 30.4 Å². The molecule has 0 heterocycles. The van der Waals surface area contributed by atoms with Crippen LogP contribution in [0.5, 0.6) is 11.5 Å². The SMILES string of the molecule is COc1ccc(N([N+](=O)[O-])S(=O)(=O)c2cc(C(=O)OCCS(=O)(=O)c3ccc(C)cc3)ccc2OC)cc1. The van der Waals surface area contributed by atoms with Crippen molar-refractivity contribution in [1.29, 1.82) is 0 Å². The van der Waals surface area contributed by atoms with Gasteiger partial charge in [0.25, 0.3) is 0 Å². The van der Waals surface area contributed by atoms with E-state index in [1.807, 2.05) is 6.92 Å². The molecule has 0 bridgehead atoms. The Morgan fingerprint density at radius 1 is 0.921 bits per heavy atom. The summed E-state index contributed by atoms with van der Waals surface area (Å²) in [6, 6.07) is 14.4. The maximum absolute atomic E-state index is 13.4. The zero-order valence-corrected chi connectivity index (χ0v) is 22.2. The van der Waals surface area contributed by atoms with Crippen molar-refractivity contribution in [3.05, 3.63) is 88.0 Å². The molecular weight excluding hydrogens is 540 g/mol. The molecule has 0 N–H and O–H groups in total. The van der Waals surface area contributed by atoms with Crippen molar-refractivity contribution in [3.63, 3.8) is 0 Å². The first kappa shape index (κ1) is 28.4. The van der Waals surface area contributed by atoms with E-state index < -0.39 is 48.1 Å². The van der Waals surface area contributed by atoms with E-state index in [2.05, 4.69) is 0 Å². The van der Waals surface area contributed by atoms with Crippen molar-refractivity contribution in [3.8, 4) is 11.5 Å². The van der Waals surface area contributed by atoms with Crippen LogP contribution >= 0.6 is 0 Å². The number of methoxy groups -OCH3 is 2. The Bertz CT molecular complexity index is 1540. The number of benzene rings is 3. The lowest BCUT2D eigenvalue weighted by Gasteiger charge is -2.17. The highest BCUT2D eigenvalue weighted by molar-refractivity contribution is 7.92. The first-order valence-electron chi connectivity index (χ1n) is 10.9. The summed E-state index contributed by atoms with van der Waals surface area (Å²) in [5.41, 5.74) is 0.297. The molecule has 38 heavy (non-hydrogen) atoms. The van der Waals surface area contributed by atoms with Gasteiger partial charge < -0.3 is 14.2 Å². The predicted octanol–water partition coefficient (Wildman–Crippen LogP) is 3.03. The molecule has 0 radical (unpaired) electrons. The third kappa shape index (κ3) is 6.20. The minimum absolute atomic E-state index is 0.0619. The van der Waals surface area contributed by atoms with Crippen LogP contribution in [0.3, 0.4) is 0 Å². The summed E-state index contributed by atoms with van der Waals surface area (Å²) in [5.74, 6) is -1.44. The van der Waals surface area contributed by atoms with Crippen LogP contribution in [-0.2, 0) is 24.6 Å². The van der Waals surface area contributed by atoms with E-state index in [-0.39, 0.29) is 26.3 Å². The second kappa shape index (κ2) is 11.5. The van der Waals surface area contributed by atoms with Gasteiger partial charge in [-0.05, 0) is 61.5 Å². The molecule has 14 heteroatoms. The van der Waals surface area contributed by atoms with E-state index in [0.29, 0.717) is 5.75 Å². The second-order valence-electron chi connectivity index (χ2n) is 7.82. The number of aryl methyl sites for hydroxylation is 1. The van der Waals surface area contributed by atoms with Gasteiger partial charge in [0.15, 0.2) is 14.9 Å². The summed E-state index contributed by atoms with van der Waals surface area (Å²) in [6.45, 7) is 1.30. The fraction of sp³-hybridized carbons (Fsp3) is 0.208. The van der Waals surface area contributed by atoms with Crippen molar-refractivity contribution in [2.24, 2.45) is 0 Å². The average molecular weight is 565 g/mol. The molecule has 202 valence electrons. The maximum Gasteiger partial charge on any atom is 0.338 e. The van der Waals surface area contributed by atoms with E-state index in [0.717, 1.165) is 24.8 Å². The van der Waals surface area contributed by atoms with Gasteiger partial charge in [-0.1, -0.05) is 17.7 Å². The number of carbonyl (C=O) groups excluding carboxylic acids is 1. The van der Waals surface area contributed by atoms with Crippen molar-refractivity contribution >= 4 is 31.5 Å². The summed E-state index contributed by atoms with van der Waals surface area (Å²) >= 11 is 0. The van der Waals surface area contributed by atoms with E-state index in [4.69, 9.17) is 14.2 Å². The van der Waals surface area contributed by atoms with E-state index in [1.165, 1.54) is 49.6 Å². The predicted molar refractivity (Wildman–Crippen MR) is 136 cm³/mol. The first-order valence-corrected chi connectivity index (χ1v) is 14.0. The monoisotopic (exact) mass is 564 g/mol. The van der Waals surface area contributed by atoms with Crippen LogP contribution in [-0.4, -0.2) is 54.4 Å². The highest BCUT2D eigenvalue weighted by atomic mass is 32.2. The Labute approximate surface area is 219 Å². The number of rotatable bonds is 11. The number of carbonyl (C=O) groups is 1. The molecule has 0 aliphatic rings. The minimum Gasteiger partial charge on any atom is -0.497 e. The highest BCUT2D eigenvalue weighted by Gasteiger charge is 2.38. The minimum atomic E-state index is -4.89. The molecule has 0 saturated heterocycles. The fourth-order valence-electron chi connectivity index (χ4n) is 3.32. The standard InChI is InChI=1S/C24H24N2O10S2/c1-17-4-11-21(12-5-17)37(30,31)15-14-36-24(27)18-6-13-22(35-3)23(16-18)38(32,33)25(26(28)29)19-7-9-20(34-2)10-8-19/h4-13,16H,14-15H2,1-3H3. The maximum atomic E-state index is 13.4. The van der Waals surface area contributed by atoms with Crippen molar-refractivity contribution in [2.75, 3.05) is 31.0 Å². The molecule has 0 fully saturated rings. The Kier molecular flexibility index (Phi) is 8.58. The summed E-state index contributed by atoms with van der Waals surface area (Å²) in [6.07, 6.45) is 0. The molecule has 0 amide bonds. The van der Waals surface area contributed by atoms with Crippen LogP contribution < -0.4 is 13.9 Å². The smallest absolute Gasteiger partial charge is 0.338 e. The molecule has 3 rings (SSSR count). The van der Waals surface area contributed by atoms with Gasteiger partial charge in [-0.3, -0.25) is 0 Å². The van der Waals surface area contributed by atoms with Crippen LogP contribution in [0.1, 0.15) is 15.9 Å². The van der Waals surface area contributed by atoms with Gasteiger partial charge in [-0.15, -0.1) is 0 Å². The summed E-state index contributed by atoms with van der Waals surface area (Å²) in [5, 5.41) is 10.7. The number of sulfonamides is 1. The van der Waals surface area contributed by atoms with E-state index in [1.54, 1.807) is 12.1 Å². The van der Waals surface area contributed by atoms with Gasteiger partial charge in [-0.2, -0.15) is 8.42 Å². The molecule has 3 aromatic carbocycles. The molecule has 0 aliphatic heterocycles. The van der Waals surface area contributed by atoms with Crippen LogP contribution in [0.2, 0.25) is 0 Å². The number of hydrogen-bond acceptors (Lipinski definition) is 10. The number of hydrogen-bond donors (Lipinski definition) is 0. The molecule has 0 aliphatic carbocycles. The normalized spacial score (nSPS) is 11.4. The number of sulfone groups is 1. The van der Waals surface area contributed by atoms with Gasteiger partial charge >= 0.3 is 16.0 Å². The third-order valence-electron chi connectivity index (χ3n) is 5.31. The number of nitro groups is 1.